The number of halogens is 3. The Labute approximate surface area is 121 Å². The van der Waals surface area contributed by atoms with Crippen LogP contribution in [0.15, 0.2) is 24.3 Å². The standard InChI is InChI=1S/C15H19F3N2O/c16-15(17,18)13-5-1-3-11(7-13)8-14(21)20-10-12-4-2-6-19-9-12/h1,3,5,7,12,19H,2,4,6,8-10H2,(H,20,21). The van der Waals surface area contributed by atoms with E-state index < -0.39 is 11.7 Å². The van der Waals surface area contributed by atoms with Gasteiger partial charge in [-0.15, -0.1) is 0 Å². The van der Waals surface area contributed by atoms with E-state index in [1.165, 1.54) is 12.1 Å². The molecule has 1 amide bonds. The van der Waals surface area contributed by atoms with E-state index in [2.05, 4.69) is 10.6 Å². The predicted molar refractivity (Wildman–Crippen MR) is 73.8 cm³/mol. The van der Waals surface area contributed by atoms with Crippen LogP contribution in [0.2, 0.25) is 0 Å². The van der Waals surface area contributed by atoms with Crippen molar-refractivity contribution in [3.63, 3.8) is 0 Å². The SMILES string of the molecule is O=C(Cc1cccc(C(F)(F)F)c1)NCC1CCCNC1. The van der Waals surface area contributed by atoms with E-state index >= 15 is 0 Å². The van der Waals surface area contributed by atoms with Gasteiger partial charge in [0, 0.05) is 6.54 Å². The molecule has 1 saturated heterocycles. The van der Waals surface area contributed by atoms with Gasteiger partial charge in [0.25, 0.3) is 0 Å². The molecular weight excluding hydrogens is 281 g/mol. The average molecular weight is 300 g/mol. The zero-order chi connectivity index (χ0) is 15.3. The molecule has 0 radical (unpaired) electrons. The second-order valence-electron chi connectivity index (χ2n) is 5.39. The van der Waals surface area contributed by atoms with Crippen LogP contribution in [0.3, 0.4) is 0 Å². The lowest BCUT2D eigenvalue weighted by Gasteiger charge is -2.22. The highest BCUT2D eigenvalue weighted by Crippen LogP contribution is 2.29. The zero-order valence-electron chi connectivity index (χ0n) is 11.7. The summed E-state index contributed by atoms with van der Waals surface area (Å²) >= 11 is 0. The first-order chi connectivity index (χ1) is 9.95. The van der Waals surface area contributed by atoms with E-state index in [0.717, 1.165) is 38.1 Å². The number of carbonyl (C=O) groups is 1. The molecule has 1 aliphatic rings. The van der Waals surface area contributed by atoms with E-state index in [1.807, 2.05) is 0 Å². The van der Waals surface area contributed by atoms with Crippen molar-refractivity contribution in [3.8, 4) is 0 Å². The predicted octanol–water partition coefficient (Wildman–Crippen LogP) is 2.36. The minimum Gasteiger partial charge on any atom is -0.355 e. The highest BCUT2D eigenvalue weighted by molar-refractivity contribution is 5.78. The molecule has 1 aliphatic heterocycles. The molecule has 2 rings (SSSR count). The molecule has 0 aliphatic carbocycles. The molecule has 1 fully saturated rings. The number of piperidine rings is 1. The van der Waals surface area contributed by atoms with Gasteiger partial charge in [0.1, 0.15) is 0 Å². The fourth-order valence-corrected chi connectivity index (χ4v) is 2.46. The summed E-state index contributed by atoms with van der Waals surface area (Å²) in [4.78, 5) is 11.8. The number of nitrogens with one attached hydrogen (secondary N) is 2. The molecule has 116 valence electrons. The van der Waals surface area contributed by atoms with Gasteiger partial charge in [0.15, 0.2) is 0 Å². The molecular formula is C15H19F3N2O. The monoisotopic (exact) mass is 300 g/mol. The van der Waals surface area contributed by atoms with E-state index in [-0.39, 0.29) is 12.3 Å². The Morgan fingerprint density at radius 2 is 2.19 bits per heavy atom. The molecule has 1 aromatic rings. The third-order valence-electron chi connectivity index (χ3n) is 3.61. The molecule has 1 aromatic carbocycles. The molecule has 6 heteroatoms. The molecule has 0 saturated carbocycles. The van der Waals surface area contributed by atoms with Crippen LogP contribution in [0.25, 0.3) is 0 Å². The summed E-state index contributed by atoms with van der Waals surface area (Å²) in [6.45, 7) is 2.46. The van der Waals surface area contributed by atoms with Crippen molar-refractivity contribution < 1.29 is 18.0 Å². The number of alkyl halides is 3. The van der Waals surface area contributed by atoms with Crippen molar-refractivity contribution in [2.75, 3.05) is 19.6 Å². The van der Waals surface area contributed by atoms with Gasteiger partial charge >= 0.3 is 6.18 Å². The maximum absolute atomic E-state index is 12.6. The Hall–Kier alpha value is -1.56. The largest absolute Gasteiger partial charge is 0.416 e. The second kappa shape index (κ2) is 6.93. The quantitative estimate of drug-likeness (QED) is 0.896. The number of benzene rings is 1. The van der Waals surface area contributed by atoms with Gasteiger partial charge in [-0.3, -0.25) is 4.79 Å². The zero-order valence-corrected chi connectivity index (χ0v) is 11.7. The molecule has 0 aromatic heterocycles. The molecule has 1 atom stereocenters. The summed E-state index contributed by atoms with van der Waals surface area (Å²) in [5.74, 6) is 0.170. The first-order valence-corrected chi connectivity index (χ1v) is 7.08. The molecule has 0 spiro atoms. The van der Waals surface area contributed by atoms with Crippen LogP contribution >= 0.6 is 0 Å². The van der Waals surface area contributed by atoms with Gasteiger partial charge < -0.3 is 10.6 Å². The van der Waals surface area contributed by atoms with E-state index in [9.17, 15) is 18.0 Å². The topological polar surface area (TPSA) is 41.1 Å². The van der Waals surface area contributed by atoms with Crippen molar-refractivity contribution in [3.05, 3.63) is 35.4 Å². The molecule has 3 nitrogen and oxygen atoms in total. The highest BCUT2D eigenvalue weighted by atomic mass is 19.4. The van der Waals surface area contributed by atoms with Crippen molar-refractivity contribution in [2.45, 2.75) is 25.4 Å². The Morgan fingerprint density at radius 3 is 2.86 bits per heavy atom. The van der Waals surface area contributed by atoms with Gasteiger partial charge in [-0.05, 0) is 43.5 Å². The summed E-state index contributed by atoms with van der Waals surface area (Å²) in [5.41, 5.74) is -0.339. The summed E-state index contributed by atoms with van der Waals surface area (Å²) in [6, 6.07) is 4.91. The summed E-state index contributed by atoms with van der Waals surface area (Å²) < 4.78 is 37.8. The van der Waals surface area contributed by atoms with E-state index in [0.29, 0.717) is 18.0 Å². The van der Waals surface area contributed by atoms with Crippen LogP contribution in [0.5, 0.6) is 0 Å². The lowest BCUT2D eigenvalue weighted by Crippen LogP contribution is -2.38. The minimum absolute atomic E-state index is 0.0237. The fourth-order valence-electron chi connectivity index (χ4n) is 2.46. The molecule has 1 unspecified atom stereocenters. The molecule has 2 N–H and O–H groups in total. The van der Waals surface area contributed by atoms with E-state index in [1.54, 1.807) is 0 Å². The van der Waals surface area contributed by atoms with Gasteiger partial charge in [-0.25, -0.2) is 0 Å². The van der Waals surface area contributed by atoms with Crippen LogP contribution in [-0.2, 0) is 17.4 Å². The maximum Gasteiger partial charge on any atom is 0.416 e. The maximum atomic E-state index is 12.6. The summed E-state index contributed by atoms with van der Waals surface area (Å²) in [6.07, 6.45) is -2.24. The van der Waals surface area contributed by atoms with Crippen LogP contribution in [0, 0.1) is 5.92 Å². The first-order valence-electron chi connectivity index (χ1n) is 7.08. The lowest BCUT2D eigenvalue weighted by molar-refractivity contribution is -0.137. The van der Waals surface area contributed by atoms with Crippen LogP contribution in [0.1, 0.15) is 24.0 Å². The highest BCUT2D eigenvalue weighted by Gasteiger charge is 2.30. The molecule has 21 heavy (non-hydrogen) atoms. The van der Waals surface area contributed by atoms with Gasteiger partial charge in [0.05, 0.1) is 12.0 Å². The van der Waals surface area contributed by atoms with Crippen LogP contribution < -0.4 is 10.6 Å². The smallest absolute Gasteiger partial charge is 0.355 e. The number of amides is 1. The number of rotatable bonds is 4. The third-order valence-corrected chi connectivity index (χ3v) is 3.61. The fraction of sp³-hybridized carbons (Fsp3) is 0.533. The Bertz CT molecular complexity index is 482. The van der Waals surface area contributed by atoms with Gasteiger partial charge in [-0.1, -0.05) is 18.2 Å². The Kier molecular flexibility index (Phi) is 5.22. The van der Waals surface area contributed by atoms with Crippen molar-refractivity contribution in [2.24, 2.45) is 5.92 Å². The average Bonchev–Trinajstić information content (AvgIpc) is 2.46. The molecule has 0 bridgehead atoms. The number of carbonyl (C=O) groups excluding carboxylic acids is 1. The van der Waals surface area contributed by atoms with Crippen molar-refractivity contribution in [1.82, 2.24) is 10.6 Å². The Balaban J connectivity index is 1.84. The number of hydrogen-bond acceptors (Lipinski definition) is 2. The third kappa shape index (κ3) is 5.04. The van der Waals surface area contributed by atoms with Gasteiger partial charge in [-0.2, -0.15) is 13.2 Å². The van der Waals surface area contributed by atoms with Crippen LogP contribution in [0.4, 0.5) is 13.2 Å². The minimum atomic E-state index is -4.37. The summed E-state index contributed by atoms with van der Waals surface area (Å²) in [5, 5.41) is 6.05. The Morgan fingerprint density at radius 1 is 1.38 bits per heavy atom. The normalized spacial score (nSPS) is 19.3. The van der Waals surface area contributed by atoms with Crippen LogP contribution in [-0.4, -0.2) is 25.5 Å². The van der Waals surface area contributed by atoms with Crippen molar-refractivity contribution in [1.29, 1.82) is 0 Å². The second-order valence-corrected chi connectivity index (χ2v) is 5.39. The lowest BCUT2D eigenvalue weighted by atomic mass is 9.99. The molecule has 1 heterocycles. The first kappa shape index (κ1) is 15.8. The van der Waals surface area contributed by atoms with Crippen molar-refractivity contribution >= 4 is 5.91 Å². The number of hydrogen-bond donors (Lipinski definition) is 2. The van der Waals surface area contributed by atoms with E-state index in [4.69, 9.17) is 0 Å². The summed E-state index contributed by atoms with van der Waals surface area (Å²) in [7, 11) is 0. The van der Waals surface area contributed by atoms with Gasteiger partial charge in [0.2, 0.25) is 5.91 Å².